The number of nitrogens with zero attached hydrogens (tertiary/aromatic N) is 2. The van der Waals surface area contributed by atoms with Gasteiger partial charge in [-0.15, -0.1) is 0 Å². The highest BCUT2D eigenvalue weighted by Gasteiger charge is 2.41. The number of para-hydroxylation sites is 2. The van der Waals surface area contributed by atoms with E-state index in [2.05, 4.69) is 264 Å². The Labute approximate surface area is 368 Å². The van der Waals surface area contributed by atoms with Crippen LogP contribution in [0.1, 0.15) is 0 Å². The van der Waals surface area contributed by atoms with E-state index in [4.69, 9.17) is 0 Å². The maximum Gasteiger partial charge on any atom is 0.179 e. The molecule has 10 aromatic carbocycles. The standard InChI is InChI=1S/C60H42N2Si/c1-6-20-43(21-7-1)45-34-39-58-55(40-45)54-37-35-46(41-59(54)62(58)56-32-18-16-30-51(56)44-22-8-2-9-23-44)61-57-33-19-17-31-52(57)53-38-36-50(42-60(53)61)63(47-24-10-3-11-25-47,48-26-12-4-13-27-48)49-28-14-5-15-29-49/h1-42H. The van der Waals surface area contributed by atoms with Gasteiger partial charge in [0.15, 0.2) is 8.07 Å². The van der Waals surface area contributed by atoms with E-state index < -0.39 is 8.07 Å². The number of benzene rings is 10. The Balaban J connectivity index is 1.16. The summed E-state index contributed by atoms with van der Waals surface area (Å²) in [5.41, 5.74) is 11.8. The lowest BCUT2D eigenvalue weighted by Gasteiger charge is -2.34. The molecule has 3 heteroatoms. The monoisotopic (exact) mass is 818 g/mol. The number of hydrogen-bond acceptors (Lipinski definition) is 0. The van der Waals surface area contributed by atoms with Crippen LogP contribution in [-0.2, 0) is 0 Å². The van der Waals surface area contributed by atoms with Gasteiger partial charge in [0.05, 0.1) is 27.8 Å². The third kappa shape index (κ3) is 5.93. The molecule has 0 spiro atoms. The van der Waals surface area contributed by atoms with Crippen LogP contribution >= 0.6 is 0 Å². The van der Waals surface area contributed by atoms with Crippen LogP contribution in [0.4, 0.5) is 0 Å². The Morgan fingerprint density at radius 3 is 1.41 bits per heavy atom. The van der Waals surface area contributed by atoms with Gasteiger partial charge in [0.25, 0.3) is 0 Å². The molecule has 0 aliphatic carbocycles. The summed E-state index contributed by atoms with van der Waals surface area (Å²) < 4.78 is 5.00. The van der Waals surface area contributed by atoms with Gasteiger partial charge in [-0.1, -0.05) is 212 Å². The molecule has 0 amide bonds. The first-order chi connectivity index (χ1) is 31.3. The topological polar surface area (TPSA) is 9.86 Å². The predicted octanol–water partition coefficient (Wildman–Crippen LogP) is 12.6. The smallest absolute Gasteiger partial charge is 0.179 e. The van der Waals surface area contributed by atoms with Crippen molar-refractivity contribution in [1.29, 1.82) is 0 Å². The largest absolute Gasteiger partial charge is 0.309 e. The summed E-state index contributed by atoms with van der Waals surface area (Å²) in [4.78, 5) is 0. The Kier molecular flexibility index (Phi) is 8.87. The van der Waals surface area contributed by atoms with Crippen LogP contribution in [0.15, 0.2) is 255 Å². The summed E-state index contributed by atoms with van der Waals surface area (Å²) in [6, 6.07) is 94.3. The summed E-state index contributed by atoms with van der Waals surface area (Å²) in [6.45, 7) is 0. The maximum absolute atomic E-state index is 2.80. The maximum atomic E-state index is 2.52. The molecule has 12 aromatic rings. The summed E-state index contributed by atoms with van der Waals surface area (Å²) in [6.07, 6.45) is 0. The highest BCUT2D eigenvalue weighted by molar-refractivity contribution is 7.20. The number of aromatic nitrogens is 2. The average molecular weight is 819 g/mol. The molecular formula is C60H42N2Si. The molecule has 2 aromatic heterocycles. The molecule has 0 radical (unpaired) electrons. The molecule has 0 saturated carbocycles. The minimum atomic E-state index is -2.80. The van der Waals surface area contributed by atoms with Crippen LogP contribution in [0.25, 0.3) is 77.2 Å². The zero-order valence-electron chi connectivity index (χ0n) is 34.6. The number of rotatable bonds is 8. The predicted molar refractivity (Wildman–Crippen MR) is 270 cm³/mol. The highest BCUT2D eigenvalue weighted by atomic mass is 28.3. The van der Waals surface area contributed by atoms with Gasteiger partial charge in [-0.25, -0.2) is 0 Å². The van der Waals surface area contributed by atoms with Crippen molar-refractivity contribution in [1.82, 2.24) is 9.13 Å². The van der Waals surface area contributed by atoms with Gasteiger partial charge in [-0.05, 0) is 79.9 Å². The van der Waals surface area contributed by atoms with Crippen LogP contribution in [0, 0.1) is 0 Å². The van der Waals surface area contributed by atoms with Crippen LogP contribution in [0.5, 0.6) is 0 Å². The van der Waals surface area contributed by atoms with Gasteiger partial charge >= 0.3 is 0 Å². The van der Waals surface area contributed by atoms with Crippen LogP contribution < -0.4 is 20.7 Å². The molecule has 0 aliphatic rings. The van der Waals surface area contributed by atoms with E-state index in [1.807, 2.05) is 0 Å². The molecule has 12 rings (SSSR count). The first-order valence-electron chi connectivity index (χ1n) is 21.8. The van der Waals surface area contributed by atoms with Crippen molar-refractivity contribution in [3.63, 3.8) is 0 Å². The normalized spacial score (nSPS) is 11.8. The van der Waals surface area contributed by atoms with Gasteiger partial charge in [-0.2, -0.15) is 0 Å². The molecule has 0 aliphatic heterocycles. The average Bonchev–Trinajstić information content (AvgIpc) is 3.87. The van der Waals surface area contributed by atoms with E-state index in [1.54, 1.807) is 0 Å². The first-order valence-corrected chi connectivity index (χ1v) is 23.8. The lowest BCUT2D eigenvalue weighted by molar-refractivity contribution is 1.16. The SMILES string of the molecule is c1ccc(-c2ccc3c(c2)c2ccc(-n4c5ccccc5c5ccc([Si](c6ccccc6)(c6ccccc6)c6ccccc6)cc54)cc2n3-c2ccccc2-c2ccccc2)cc1. The van der Waals surface area contributed by atoms with Gasteiger partial charge < -0.3 is 9.13 Å². The van der Waals surface area contributed by atoms with Gasteiger partial charge in [0.1, 0.15) is 0 Å². The van der Waals surface area contributed by atoms with Crippen LogP contribution in [0.2, 0.25) is 0 Å². The van der Waals surface area contributed by atoms with Gasteiger partial charge in [-0.3, -0.25) is 0 Å². The molecule has 63 heavy (non-hydrogen) atoms. The van der Waals surface area contributed by atoms with Crippen molar-refractivity contribution in [3.8, 4) is 33.6 Å². The number of fused-ring (bicyclic) bond motifs is 6. The van der Waals surface area contributed by atoms with Crippen molar-refractivity contribution in [2.24, 2.45) is 0 Å². The highest BCUT2D eigenvalue weighted by Crippen LogP contribution is 2.40. The van der Waals surface area contributed by atoms with Crippen LogP contribution in [0.3, 0.4) is 0 Å². The van der Waals surface area contributed by atoms with Crippen molar-refractivity contribution in [2.45, 2.75) is 0 Å². The molecule has 296 valence electrons. The quantitative estimate of drug-likeness (QED) is 0.107. The zero-order valence-corrected chi connectivity index (χ0v) is 35.6. The van der Waals surface area contributed by atoms with Crippen molar-refractivity contribution in [2.75, 3.05) is 0 Å². The molecule has 2 nitrogen and oxygen atoms in total. The van der Waals surface area contributed by atoms with Crippen LogP contribution in [-0.4, -0.2) is 17.2 Å². The second-order valence-corrected chi connectivity index (χ2v) is 20.3. The van der Waals surface area contributed by atoms with E-state index in [-0.39, 0.29) is 0 Å². The summed E-state index contributed by atoms with van der Waals surface area (Å²) in [5.74, 6) is 0. The first kappa shape index (κ1) is 36.8. The second kappa shape index (κ2) is 15.2. The second-order valence-electron chi connectivity index (χ2n) is 16.5. The Morgan fingerprint density at radius 1 is 0.254 bits per heavy atom. The van der Waals surface area contributed by atoms with E-state index >= 15 is 0 Å². The number of hydrogen-bond donors (Lipinski definition) is 0. The van der Waals surface area contributed by atoms with E-state index in [1.165, 1.54) is 86.6 Å². The molecular weight excluding hydrogens is 777 g/mol. The minimum Gasteiger partial charge on any atom is -0.309 e. The van der Waals surface area contributed by atoms with Crippen molar-refractivity contribution < 1.29 is 0 Å². The molecule has 0 unspecified atom stereocenters. The fourth-order valence-electron chi connectivity index (χ4n) is 10.3. The van der Waals surface area contributed by atoms with Gasteiger partial charge in [0, 0.05) is 32.8 Å². The lowest BCUT2D eigenvalue weighted by atomic mass is 10.0. The minimum absolute atomic E-state index is 1.13. The molecule has 0 saturated heterocycles. The van der Waals surface area contributed by atoms with E-state index in [9.17, 15) is 0 Å². The van der Waals surface area contributed by atoms with E-state index in [0.717, 1.165) is 11.4 Å². The van der Waals surface area contributed by atoms with E-state index in [0.29, 0.717) is 0 Å². The molecule has 0 atom stereocenters. The van der Waals surface area contributed by atoms with Gasteiger partial charge in [0.2, 0.25) is 0 Å². The molecule has 2 heterocycles. The Bertz CT molecular complexity index is 3500. The fourth-order valence-corrected chi connectivity index (χ4v) is 15.1. The molecule has 0 fully saturated rings. The Morgan fingerprint density at radius 2 is 0.746 bits per heavy atom. The zero-order chi connectivity index (χ0) is 41.7. The summed E-state index contributed by atoms with van der Waals surface area (Å²) in [5, 5.41) is 10.4. The van der Waals surface area contributed by atoms with Crippen molar-refractivity contribution in [3.05, 3.63) is 255 Å². The van der Waals surface area contributed by atoms with Crippen molar-refractivity contribution >= 4 is 72.4 Å². The Hall–Kier alpha value is -7.98. The summed E-state index contributed by atoms with van der Waals surface area (Å²) >= 11 is 0. The summed E-state index contributed by atoms with van der Waals surface area (Å²) in [7, 11) is -2.80. The molecule has 0 N–H and O–H groups in total. The third-order valence-corrected chi connectivity index (χ3v) is 17.8. The third-order valence-electron chi connectivity index (χ3n) is 13.1. The lowest BCUT2D eigenvalue weighted by Crippen LogP contribution is -2.74. The fraction of sp³-hybridized carbons (Fsp3) is 0. The molecule has 0 bridgehead atoms.